The molecule has 0 unspecified atom stereocenters. The van der Waals surface area contributed by atoms with Crippen molar-refractivity contribution in [1.29, 1.82) is 0 Å². The fraction of sp³-hybridized carbons (Fsp3) is 0.0606. The molecule has 4 aromatic carbocycles. The molecule has 40 heavy (non-hydrogen) atoms. The van der Waals surface area contributed by atoms with Crippen LogP contribution in [0.5, 0.6) is 11.6 Å². The van der Waals surface area contributed by atoms with Gasteiger partial charge in [-0.05, 0) is 42.5 Å². The van der Waals surface area contributed by atoms with Crippen molar-refractivity contribution in [3.63, 3.8) is 0 Å². The van der Waals surface area contributed by atoms with Gasteiger partial charge in [0.25, 0.3) is 0 Å². The van der Waals surface area contributed by atoms with Crippen molar-refractivity contribution in [2.24, 2.45) is 0 Å². The number of fused-ring (bicyclic) bond motifs is 1. The van der Waals surface area contributed by atoms with E-state index in [9.17, 15) is 0 Å². The number of para-hydroxylation sites is 3. The average molecular weight is 523 g/mol. The van der Waals surface area contributed by atoms with Crippen molar-refractivity contribution in [2.45, 2.75) is 0 Å². The van der Waals surface area contributed by atoms with Crippen LogP contribution in [0.15, 0.2) is 128 Å². The number of anilines is 3. The monoisotopic (exact) mass is 522 g/mol. The number of aromatic nitrogens is 4. The number of pyridine rings is 1. The molecule has 1 aliphatic rings. The lowest BCUT2D eigenvalue weighted by atomic mass is 10.0. The van der Waals surface area contributed by atoms with E-state index >= 15 is 0 Å². The zero-order valence-corrected chi connectivity index (χ0v) is 21.9. The SMILES string of the molecule is CN1CN(c2ccnc(Oc3cccc(-c4nnn(-c5ccccc5)c4-c4ccccc4)c3)c2)c2ccccc21. The lowest BCUT2D eigenvalue weighted by Gasteiger charge is -2.20. The summed E-state index contributed by atoms with van der Waals surface area (Å²) >= 11 is 0. The summed E-state index contributed by atoms with van der Waals surface area (Å²) in [6, 6.07) is 40.5. The smallest absolute Gasteiger partial charge is 0.221 e. The van der Waals surface area contributed by atoms with Crippen LogP contribution in [-0.2, 0) is 0 Å². The maximum Gasteiger partial charge on any atom is 0.221 e. The van der Waals surface area contributed by atoms with Gasteiger partial charge in [0.05, 0.1) is 23.7 Å². The van der Waals surface area contributed by atoms with Gasteiger partial charge in [0, 0.05) is 36.1 Å². The number of rotatable bonds is 6. The minimum absolute atomic E-state index is 0.526. The Morgan fingerprint density at radius 2 is 1.40 bits per heavy atom. The summed E-state index contributed by atoms with van der Waals surface area (Å²) in [6.07, 6.45) is 1.79. The van der Waals surface area contributed by atoms with Crippen LogP contribution in [-0.4, -0.2) is 33.7 Å². The minimum Gasteiger partial charge on any atom is -0.439 e. The normalized spacial score (nSPS) is 12.4. The van der Waals surface area contributed by atoms with E-state index in [0.29, 0.717) is 11.6 Å². The molecular formula is C33H26N6O. The number of ether oxygens (including phenoxy) is 1. The van der Waals surface area contributed by atoms with E-state index in [4.69, 9.17) is 4.74 Å². The van der Waals surface area contributed by atoms with Crippen molar-refractivity contribution in [2.75, 3.05) is 23.5 Å². The third kappa shape index (κ3) is 4.33. The van der Waals surface area contributed by atoms with E-state index in [1.807, 2.05) is 89.6 Å². The maximum absolute atomic E-state index is 6.29. The average Bonchev–Trinajstić information content (AvgIpc) is 3.60. The molecule has 0 N–H and O–H groups in total. The molecule has 1 aliphatic heterocycles. The predicted octanol–water partition coefficient (Wildman–Crippen LogP) is 7.33. The van der Waals surface area contributed by atoms with Crippen LogP contribution in [0.4, 0.5) is 17.1 Å². The highest BCUT2D eigenvalue weighted by atomic mass is 16.5. The van der Waals surface area contributed by atoms with E-state index < -0.39 is 0 Å². The van der Waals surface area contributed by atoms with Crippen LogP contribution in [0, 0.1) is 0 Å². The van der Waals surface area contributed by atoms with Crippen molar-refractivity contribution in [1.82, 2.24) is 20.0 Å². The van der Waals surface area contributed by atoms with Gasteiger partial charge in [0.15, 0.2) is 0 Å². The Bertz CT molecular complexity index is 1780. The molecule has 7 nitrogen and oxygen atoms in total. The lowest BCUT2D eigenvalue weighted by molar-refractivity contribution is 0.463. The number of benzene rings is 4. The second-order valence-electron chi connectivity index (χ2n) is 9.64. The van der Waals surface area contributed by atoms with E-state index in [0.717, 1.165) is 40.6 Å². The highest BCUT2D eigenvalue weighted by Gasteiger charge is 2.24. The highest BCUT2D eigenvalue weighted by molar-refractivity contribution is 5.82. The largest absolute Gasteiger partial charge is 0.439 e. The summed E-state index contributed by atoms with van der Waals surface area (Å²) in [5, 5.41) is 9.15. The third-order valence-corrected chi connectivity index (χ3v) is 7.02. The van der Waals surface area contributed by atoms with E-state index in [-0.39, 0.29) is 0 Å². The molecule has 7 rings (SSSR count). The molecule has 3 heterocycles. The first-order valence-electron chi connectivity index (χ1n) is 13.1. The third-order valence-electron chi connectivity index (χ3n) is 7.02. The van der Waals surface area contributed by atoms with Gasteiger partial charge >= 0.3 is 0 Å². The summed E-state index contributed by atoms with van der Waals surface area (Å²) in [6.45, 7) is 0.762. The van der Waals surface area contributed by atoms with Crippen LogP contribution in [0.3, 0.4) is 0 Å². The fourth-order valence-corrected chi connectivity index (χ4v) is 5.13. The van der Waals surface area contributed by atoms with Crippen LogP contribution in [0.2, 0.25) is 0 Å². The maximum atomic E-state index is 6.29. The Morgan fingerprint density at radius 3 is 2.23 bits per heavy atom. The fourth-order valence-electron chi connectivity index (χ4n) is 5.13. The topological polar surface area (TPSA) is 59.3 Å². The van der Waals surface area contributed by atoms with Gasteiger partial charge in [-0.25, -0.2) is 9.67 Å². The first kappa shape index (κ1) is 23.7. The first-order valence-corrected chi connectivity index (χ1v) is 13.1. The molecule has 194 valence electrons. The molecule has 0 aliphatic carbocycles. The molecule has 0 fully saturated rings. The quantitative estimate of drug-likeness (QED) is 0.228. The second kappa shape index (κ2) is 10.0. The summed E-state index contributed by atoms with van der Waals surface area (Å²) < 4.78 is 8.17. The van der Waals surface area contributed by atoms with Gasteiger partial charge < -0.3 is 14.5 Å². The van der Waals surface area contributed by atoms with Gasteiger partial charge in [-0.3, -0.25) is 0 Å². The molecule has 0 atom stereocenters. The zero-order valence-electron chi connectivity index (χ0n) is 21.9. The summed E-state index contributed by atoms with van der Waals surface area (Å²) in [7, 11) is 2.10. The minimum atomic E-state index is 0.526. The van der Waals surface area contributed by atoms with E-state index in [1.54, 1.807) is 6.20 Å². The Hall–Kier alpha value is -5.43. The van der Waals surface area contributed by atoms with E-state index in [2.05, 4.69) is 68.5 Å². The van der Waals surface area contributed by atoms with Crippen LogP contribution in [0.1, 0.15) is 0 Å². The molecule has 6 aromatic rings. The summed E-state index contributed by atoms with van der Waals surface area (Å²) in [5.41, 5.74) is 7.97. The van der Waals surface area contributed by atoms with Crippen molar-refractivity contribution in [3.8, 4) is 39.8 Å². The number of hydrogen-bond acceptors (Lipinski definition) is 6. The van der Waals surface area contributed by atoms with Crippen LogP contribution in [0.25, 0.3) is 28.2 Å². The van der Waals surface area contributed by atoms with Gasteiger partial charge in [-0.15, -0.1) is 5.10 Å². The highest BCUT2D eigenvalue weighted by Crippen LogP contribution is 2.40. The molecule has 0 bridgehead atoms. The Labute approximate surface area is 232 Å². The van der Waals surface area contributed by atoms with Crippen molar-refractivity contribution in [3.05, 3.63) is 128 Å². The molecule has 0 radical (unpaired) electrons. The van der Waals surface area contributed by atoms with Gasteiger partial charge in [0.1, 0.15) is 17.1 Å². The molecular weight excluding hydrogens is 496 g/mol. The number of nitrogens with zero attached hydrogens (tertiary/aromatic N) is 6. The standard InChI is InChI=1S/C33H26N6O/c1-37-23-38(30-18-9-8-17-29(30)37)27-19-20-34-31(22-27)40-28-16-10-13-25(21-28)32-33(24-11-4-2-5-12-24)39(36-35-32)26-14-6-3-7-15-26/h2-22H,23H2,1H3. The van der Waals surface area contributed by atoms with Gasteiger partial charge in [-0.2, -0.15) is 0 Å². The molecule has 7 heteroatoms. The second-order valence-corrected chi connectivity index (χ2v) is 9.64. The first-order chi connectivity index (χ1) is 19.7. The Morgan fingerprint density at radius 1 is 0.675 bits per heavy atom. The molecule has 0 saturated carbocycles. The molecule has 0 saturated heterocycles. The number of hydrogen-bond donors (Lipinski definition) is 0. The molecule has 2 aromatic heterocycles. The van der Waals surface area contributed by atoms with E-state index in [1.165, 1.54) is 11.4 Å². The van der Waals surface area contributed by atoms with Crippen LogP contribution < -0.4 is 14.5 Å². The predicted molar refractivity (Wildman–Crippen MR) is 158 cm³/mol. The summed E-state index contributed by atoms with van der Waals surface area (Å²) in [5.74, 6) is 1.20. The molecule has 0 spiro atoms. The van der Waals surface area contributed by atoms with Crippen molar-refractivity contribution < 1.29 is 4.74 Å². The molecule has 0 amide bonds. The van der Waals surface area contributed by atoms with Gasteiger partial charge in [0.2, 0.25) is 5.88 Å². The summed E-state index contributed by atoms with van der Waals surface area (Å²) in [4.78, 5) is 8.98. The Kier molecular flexibility index (Phi) is 5.94. The van der Waals surface area contributed by atoms with Crippen LogP contribution >= 0.6 is 0 Å². The Balaban J connectivity index is 1.22. The van der Waals surface area contributed by atoms with Crippen molar-refractivity contribution >= 4 is 17.1 Å². The zero-order chi connectivity index (χ0) is 26.9. The lowest BCUT2D eigenvalue weighted by Crippen LogP contribution is -2.23. The van der Waals surface area contributed by atoms with Gasteiger partial charge in [-0.1, -0.05) is 78.0 Å².